The summed E-state index contributed by atoms with van der Waals surface area (Å²) in [4.78, 5) is 13.9. The Bertz CT molecular complexity index is 593. The first-order chi connectivity index (χ1) is 8.13. The van der Waals surface area contributed by atoms with Gasteiger partial charge in [0, 0.05) is 28.7 Å². The number of aromatic nitrogens is 1. The summed E-state index contributed by atoms with van der Waals surface area (Å²) < 4.78 is 0. The summed E-state index contributed by atoms with van der Waals surface area (Å²) in [6.07, 6.45) is 4.07. The number of aliphatic carboxylic acids is 1. The lowest BCUT2D eigenvalue weighted by atomic mass is 10.0. The van der Waals surface area contributed by atoms with Gasteiger partial charge in [-0.2, -0.15) is 0 Å². The number of aromatic amines is 1. The van der Waals surface area contributed by atoms with Crippen LogP contribution in [0.15, 0.2) is 30.5 Å². The maximum atomic E-state index is 10.7. The van der Waals surface area contributed by atoms with Crippen molar-refractivity contribution in [2.75, 3.05) is 0 Å². The summed E-state index contributed by atoms with van der Waals surface area (Å²) in [5, 5.41) is 9.85. The summed E-state index contributed by atoms with van der Waals surface area (Å²) in [6, 6.07) is 6.10. The first-order valence-corrected chi connectivity index (χ1v) is 5.64. The van der Waals surface area contributed by atoms with Gasteiger partial charge in [-0.05, 0) is 24.5 Å². The molecule has 0 aliphatic carbocycles. The highest BCUT2D eigenvalue weighted by molar-refractivity contribution is 5.98. The lowest BCUT2D eigenvalue weighted by molar-refractivity contribution is -0.131. The second kappa shape index (κ2) is 4.45. The van der Waals surface area contributed by atoms with Crippen molar-refractivity contribution in [3.8, 4) is 0 Å². The molecule has 0 saturated carbocycles. The van der Waals surface area contributed by atoms with Gasteiger partial charge >= 0.3 is 5.97 Å². The van der Waals surface area contributed by atoms with Crippen molar-refractivity contribution in [1.29, 1.82) is 0 Å². The molecule has 0 saturated heterocycles. The second-order valence-electron chi connectivity index (χ2n) is 4.06. The predicted octanol–water partition coefficient (Wildman–Crippen LogP) is 3.22. The molecule has 3 heteroatoms. The highest BCUT2D eigenvalue weighted by atomic mass is 16.4. The Balaban J connectivity index is 2.61. The molecule has 2 rings (SSSR count). The van der Waals surface area contributed by atoms with Gasteiger partial charge in [0.25, 0.3) is 0 Å². The standard InChI is InChI=1S/C14H15NO2/c1-3-10-5-4-6-11-12(8-15-14(10)11)9(2)7-13(16)17/h4-8,15H,3H2,1-2H3,(H,16,17)/b9-7-. The van der Waals surface area contributed by atoms with Gasteiger partial charge in [-0.3, -0.25) is 0 Å². The molecule has 0 bridgehead atoms. The molecule has 88 valence electrons. The summed E-state index contributed by atoms with van der Waals surface area (Å²) in [6.45, 7) is 3.92. The molecule has 0 aliphatic rings. The maximum absolute atomic E-state index is 10.7. The largest absolute Gasteiger partial charge is 0.478 e. The number of carbonyl (C=O) groups is 1. The molecule has 2 aromatic rings. The zero-order valence-corrected chi connectivity index (χ0v) is 9.95. The van der Waals surface area contributed by atoms with Gasteiger partial charge in [-0.1, -0.05) is 25.1 Å². The maximum Gasteiger partial charge on any atom is 0.328 e. The SMILES string of the molecule is CCc1cccc2c(/C(C)=C\C(=O)O)c[nH]c12. The zero-order valence-electron chi connectivity index (χ0n) is 9.95. The van der Waals surface area contributed by atoms with Crippen LogP contribution in [0.25, 0.3) is 16.5 Å². The molecule has 1 aromatic carbocycles. The number of nitrogens with one attached hydrogen (secondary N) is 1. The van der Waals surface area contributed by atoms with E-state index in [0.29, 0.717) is 0 Å². The number of carboxylic acid groups (broad SMARTS) is 1. The fourth-order valence-electron chi connectivity index (χ4n) is 2.10. The number of aryl methyl sites for hydroxylation is 1. The zero-order chi connectivity index (χ0) is 12.4. The first kappa shape index (κ1) is 11.5. The monoisotopic (exact) mass is 229 g/mol. The number of benzene rings is 1. The molecular formula is C14H15NO2. The highest BCUT2D eigenvalue weighted by Gasteiger charge is 2.08. The first-order valence-electron chi connectivity index (χ1n) is 5.64. The topological polar surface area (TPSA) is 53.1 Å². The van der Waals surface area contributed by atoms with E-state index in [9.17, 15) is 4.79 Å². The number of allylic oxidation sites excluding steroid dienone is 1. The van der Waals surface area contributed by atoms with Crippen LogP contribution in [-0.4, -0.2) is 16.1 Å². The summed E-state index contributed by atoms with van der Waals surface area (Å²) in [7, 11) is 0. The molecular weight excluding hydrogens is 214 g/mol. The molecule has 1 aromatic heterocycles. The Kier molecular flexibility index (Phi) is 3.00. The molecule has 0 fully saturated rings. The number of para-hydroxylation sites is 1. The number of fused-ring (bicyclic) bond motifs is 1. The third kappa shape index (κ3) is 2.09. The molecule has 0 spiro atoms. The Labute approximate surface area is 99.8 Å². The van der Waals surface area contributed by atoms with Gasteiger partial charge in [-0.25, -0.2) is 4.79 Å². The van der Waals surface area contributed by atoms with E-state index in [4.69, 9.17) is 5.11 Å². The van der Waals surface area contributed by atoms with Gasteiger partial charge in [-0.15, -0.1) is 0 Å². The van der Waals surface area contributed by atoms with E-state index in [1.54, 1.807) is 0 Å². The van der Waals surface area contributed by atoms with Gasteiger partial charge < -0.3 is 10.1 Å². The third-order valence-corrected chi connectivity index (χ3v) is 2.95. The normalized spacial score (nSPS) is 12.0. The van der Waals surface area contributed by atoms with E-state index in [0.717, 1.165) is 28.5 Å². The van der Waals surface area contributed by atoms with Crippen LogP contribution in [0, 0.1) is 0 Å². The fourth-order valence-corrected chi connectivity index (χ4v) is 2.10. The molecule has 3 nitrogen and oxygen atoms in total. The molecule has 0 unspecified atom stereocenters. The van der Waals surface area contributed by atoms with Gasteiger partial charge in [0.2, 0.25) is 0 Å². The Morgan fingerprint density at radius 2 is 2.24 bits per heavy atom. The Hall–Kier alpha value is -2.03. The lowest BCUT2D eigenvalue weighted by Gasteiger charge is -2.01. The number of carboxylic acids is 1. The van der Waals surface area contributed by atoms with Crippen molar-refractivity contribution in [3.63, 3.8) is 0 Å². The quantitative estimate of drug-likeness (QED) is 0.794. The van der Waals surface area contributed by atoms with Crippen LogP contribution < -0.4 is 0 Å². The lowest BCUT2D eigenvalue weighted by Crippen LogP contribution is -1.89. The molecule has 2 N–H and O–H groups in total. The Morgan fingerprint density at radius 3 is 2.88 bits per heavy atom. The number of rotatable bonds is 3. The van der Waals surface area contributed by atoms with Crippen molar-refractivity contribution in [2.24, 2.45) is 0 Å². The van der Waals surface area contributed by atoms with Crippen LogP contribution in [0.4, 0.5) is 0 Å². The van der Waals surface area contributed by atoms with Gasteiger partial charge in [0.15, 0.2) is 0 Å². The average molecular weight is 229 g/mol. The van der Waals surface area contributed by atoms with Crippen LogP contribution in [0.5, 0.6) is 0 Å². The van der Waals surface area contributed by atoms with E-state index in [1.165, 1.54) is 11.6 Å². The van der Waals surface area contributed by atoms with Crippen molar-refractivity contribution >= 4 is 22.4 Å². The van der Waals surface area contributed by atoms with Crippen molar-refractivity contribution in [2.45, 2.75) is 20.3 Å². The minimum absolute atomic E-state index is 0.761. The van der Waals surface area contributed by atoms with Crippen molar-refractivity contribution in [1.82, 2.24) is 4.98 Å². The number of hydrogen-bond donors (Lipinski definition) is 2. The fraction of sp³-hybridized carbons (Fsp3) is 0.214. The van der Waals surface area contributed by atoms with Gasteiger partial charge in [0.1, 0.15) is 0 Å². The van der Waals surface area contributed by atoms with E-state index in [-0.39, 0.29) is 0 Å². The summed E-state index contributed by atoms with van der Waals surface area (Å²) in [5.74, 6) is -0.913. The van der Waals surface area contributed by atoms with Gasteiger partial charge in [0.05, 0.1) is 0 Å². The molecule has 0 amide bonds. The van der Waals surface area contributed by atoms with E-state index < -0.39 is 5.97 Å². The minimum Gasteiger partial charge on any atom is -0.478 e. The van der Waals surface area contributed by atoms with Crippen LogP contribution in [0.1, 0.15) is 25.0 Å². The highest BCUT2D eigenvalue weighted by Crippen LogP contribution is 2.27. The number of hydrogen-bond acceptors (Lipinski definition) is 1. The summed E-state index contributed by atoms with van der Waals surface area (Å²) in [5.41, 5.74) is 4.06. The summed E-state index contributed by atoms with van der Waals surface area (Å²) >= 11 is 0. The van der Waals surface area contributed by atoms with Crippen molar-refractivity contribution in [3.05, 3.63) is 41.6 Å². The molecule has 0 atom stereocenters. The number of H-pyrrole nitrogens is 1. The second-order valence-corrected chi connectivity index (χ2v) is 4.06. The van der Waals surface area contributed by atoms with Crippen LogP contribution >= 0.6 is 0 Å². The molecule has 0 aliphatic heterocycles. The molecule has 0 radical (unpaired) electrons. The molecule has 17 heavy (non-hydrogen) atoms. The van der Waals surface area contributed by atoms with Crippen LogP contribution in [0.2, 0.25) is 0 Å². The van der Waals surface area contributed by atoms with E-state index in [1.807, 2.05) is 25.3 Å². The minimum atomic E-state index is -0.913. The Morgan fingerprint density at radius 1 is 1.47 bits per heavy atom. The predicted molar refractivity (Wildman–Crippen MR) is 69.0 cm³/mol. The van der Waals surface area contributed by atoms with E-state index in [2.05, 4.69) is 18.0 Å². The molecule has 1 heterocycles. The average Bonchev–Trinajstić information content (AvgIpc) is 2.71. The third-order valence-electron chi connectivity index (χ3n) is 2.95. The van der Waals surface area contributed by atoms with E-state index >= 15 is 0 Å². The van der Waals surface area contributed by atoms with Crippen LogP contribution in [-0.2, 0) is 11.2 Å². The van der Waals surface area contributed by atoms with Crippen molar-refractivity contribution < 1.29 is 9.90 Å². The smallest absolute Gasteiger partial charge is 0.328 e. The van der Waals surface area contributed by atoms with Crippen LogP contribution in [0.3, 0.4) is 0 Å².